The minimum Gasteiger partial charge on any atom is -0.396 e. The smallest absolute Gasteiger partial charge is 0.130 e. The van der Waals surface area contributed by atoms with E-state index in [0.29, 0.717) is 16.1 Å². The van der Waals surface area contributed by atoms with E-state index in [1.165, 1.54) is 11.3 Å². The number of nitrogen functional groups attached to an aromatic ring is 1. The minimum absolute atomic E-state index is 0.337. The summed E-state index contributed by atoms with van der Waals surface area (Å²) in [4.78, 5) is 0.450. The van der Waals surface area contributed by atoms with E-state index < -0.39 is 0 Å². The molecule has 5 heteroatoms. The predicted molar refractivity (Wildman–Crippen MR) is 63.8 cm³/mol. The van der Waals surface area contributed by atoms with Crippen LogP contribution < -0.4 is 5.73 Å². The summed E-state index contributed by atoms with van der Waals surface area (Å²) in [6.07, 6.45) is 2.23. The second kappa shape index (κ2) is 5.65. The molecule has 1 heterocycles. The molecule has 0 saturated carbocycles. The first kappa shape index (κ1) is 11.9. The van der Waals surface area contributed by atoms with Gasteiger partial charge in [0.2, 0.25) is 0 Å². The maximum Gasteiger partial charge on any atom is 0.130 e. The molecule has 2 N–H and O–H groups in total. The van der Waals surface area contributed by atoms with Crippen LogP contribution in [-0.4, -0.2) is 5.75 Å². The van der Waals surface area contributed by atoms with E-state index in [9.17, 15) is 0 Å². The van der Waals surface area contributed by atoms with Gasteiger partial charge in [-0.15, -0.1) is 23.1 Å². The highest BCUT2D eigenvalue weighted by Crippen LogP contribution is 2.37. The van der Waals surface area contributed by atoms with Crippen LogP contribution in [0, 0.1) is 22.7 Å². The SMILES string of the molecule is CCCCSc1sc(C#N)c(N)c1C#N. The molecule has 0 bridgehead atoms. The summed E-state index contributed by atoms with van der Waals surface area (Å²) in [5.74, 6) is 0.968. The van der Waals surface area contributed by atoms with Crippen molar-refractivity contribution in [2.75, 3.05) is 11.5 Å². The van der Waals surface area contributed by atoms with Gasteiger partial charge < -0.3 is 5.73 Å². The molecule has 0 aromatic carbocycles. The second-order valence-corrected chi connectivity index (χ2v) is 5.32. The first-order valence-corrected chi connectivity index (χ1v) is 6.40. The fraction of sp³-hybridized carbons (Fsp3) is 0.400. The van der Waals surface area contributed by atoms with Crippen molar-refractivity contribution in [1.82, 2.24) is 0 Å². The normalized spacial score (nSPS) is 9.53. The lowest BCUT2D eigenvalue weighted by molar-refractivity contribution is 0.896. The van der Waals surface area contributed by atoms with E-state index in [-0.39, 0.29) is 0 Å². The molecule has 15 heavy (non-hydrogen) atoms. The van der Waals surface area contributed by atoms with Gasteiger partial charge in [0.1, 0.15) is 22.6 Å². The molecule has 1 aromatic heterocycles. The molecule has 0 aliphatic heterocycles. The number of nitrogens with two attached hydrogens (primary N) is 1. The number of thiophene rings is 1. The van der Waals surface area contributed by atoms with E-state index in [4.69, 9.17) is 16.3 Å². The molecule has 0 saturated heterocycles. The van der Waals surface area contributed by atoms with Gasteiger partial charge in [0.05, 0.1) is 9.90 Å². The summed E-state index contributed by atoms with van der Waals surface area (Å²) in [7, 11) is 0. The topological polar surface area (TPSA) is 73.6 Å². The number of nitriles is 2. The van der Waals surface area contributed by atoms with E-state index in [2.05, 4.69) is 13.0 Å². The minimum atomic E-state index is 0.337. The average Bonchev–Trinajstić information content (AvgIpc) is 2.55. The quantitative estimate of drug-likeness (QED) is 0.645. The largest absolute Gasteiger partial charge is 0.396 e. The highest BCUT2D eigenvalue weighted by molar-refractivity contribution is 8.01. The van der Waals surface area contributed by atoms with Crippen molar-refractivity contribution in [2.45, 2.75) is 24.0 Å². The van der Waals surface area contributed by atoms with Crippen LogP contribution in [0.5, 0.6) is 0 Å². The first-order valence-electron chi connectivity index (χ1n) is 4.59. The zero-order valence-corrected chi connectivity index (χ0v) is 10.0. The average molecular weight is 237 g/mol. The number of rotatable bonds is 4. The Morgan fingerprint density at radius 2 is 2.13 bits per heavy atom. The van der Waals surface area contributed by atoms with Gasteiger partial charge in [-0.2, -0.15) is 10.5 Å². The van der Waals surface area contributed by atoms with Crippen LogP contribution in [0.15, 0.2) is 4.21 Å². The van der Waals surface area contributed by atoms with E-state index in [0.717, 1.165) is 22.8 Å². The molecule has 0 aliphatic carbocycles. The number of hydrogen-bond donors (Lipinski definition) is 1. The standard InChI is InChI=1S/C10H11N3S2/c1-2-3-4-14-10-7(5-11)9(13)8(6-12)15-10/h2-4,13H2,1H3. The molecule has 3 nitrogen and oxygen atoms in total. The van der Waals surface area contributed by atoms with Gasteiger partial charge in [0.25, 0.3) is 0 Å². The highest BCUT2D eigenvalue weighted by atomic mass is 32.2. The Labute approximate surface area is 97.5 Å². The fourth-order valence-corrected chi connectivity index (χ4v) is 3.38. The van der Waals surface area contributed by atoms with Crippen LogP contribution in [0.3, 0.4) is 0 Å². The summed E-state index contributed by atoms with van der Waals surface area (Å²) in [5.41, 5.74) is 6.49. The van der Waals surface area contributed by atoms with Crippen molar-refractivity contribution in [1.29, 1.82) is 10.5 Å². The second-order valence-electron chi connectivity index (χ2n) is 2.93. The summed E-state index contributed by atoms with van der Waals surface area (Å²) in [6.45, 7) is 2.12. The molecule has 0 unspecified atom stereocenters. The number of unbranched alkanes of at least 4 members (excludes halogenated alkanes) is 1. The summed E-state index contributed by atoms with van der Waals surface area (Å²) in [5, 5.41) is 17.7. The Balaban J connectivity index is 2.89. The lowest BCUT2D eigenvalue weighted by Gasteiger charge is -1.96. The van der Waals surface area contributed by atoms with E-state index in [1.807, 2.05) is 6.07 Å². The maximum absolute atomic E-state index is 8.92. The first-order chi connectivity index (χ1) is 7.24. The van der Waals surface area contributed by atoms with Gasteiger partial charge in [-0.3, -0.25) is 0 Å². The zero-order valence-electron chi connectivity index (χ0n) is 8.41. The van der Waals surface area contributed by atoms with Crippen molar-refractivity contribution in [3.8, 4) is 12.1 Å². The molecule has 0 radical (unpaired) electrons. The molecule has 0 spiro atoms. The third kappa shape index (κ3) is 2.65. The molecule has 1 aromatic rings. The molecule has 0 amide bonds. The van der Waals surface area contributed by atoms with E-state index >= 15 is 0 Å². The van der Waals surface area contributed by atoms with Crippen LogP contribution in [0.2, 0.25) is 0 Å². The fourth-order valence-electron chi connectivity index (χ4n) is 1.02. The van der Waals surface area contributed by atoms with Crippen LogP contribution in [-0.2, 0) is 0 Å². The molecule has 1 rings (SSSR count). The monoisotopic (exact) mass is 237 g/mol. The third-order valence-corrected chi connectivity index (χ3v) is 4.32. The van der Waals surface area contributed by atoms with E-state index in [1.54, 1.807) is 11.8 Å². The number of anilines is 1. The van der Waals surface area contributed by atoms with Crippen LogP contribution in [0.1, 0.15) is 30.2 Å². The summed E-state index contributed by atoms with van der Waals surface area (Å²) in [6, 6.07) is 4.07. The van der Waals surface area contributed by atoms with Crippen molar-refractivity contribution in [3.63, 3.8) is 0 Å². The van der Waals surface area contributed by atoms with Crippen molar-refractivity contribution in [2.24, 2.45) is 0 Å². The number of thioether (sulfide) groups is 1. The van der Waals surface area contributed by atoms with Gasteiger partial charge in [-0.25, -0.2) is 0 Å². The predicted octanol–water partition coefficient (Wildman–Crippen LogP) is 2.97. The molecular weight excluding hydrogens is 226 g/mol. The molecule has 0 aliphatic rings. The van der Waals surface area contributed by atoms with Crippen molar-refractivity contribution in [3.05, 3.63) is 10.4 Å². The summed E-state index contributed by atoms with van der Waals surface area (Å²) < 4.78 is 0.875. The highest BCUT2D eigenvalue weighted by Gasteiger charge is 2.15. The molecule has 0 fully saturated rings. The lowest BCUT2D eigenvalue weighted by Crippen LogP contribution is -1.88. The van der Waals surface area contributed by atoms with Gasteiger partial charge in [0, 0.05) is 0 Å². The molecule has 78 valence electrons. The maximum atomic E-state index is 8.92. The lowest BCUT2D eigenvalue weighted by atomic mass is 10.3. The Morgan fingerprint density at radius 3 is 2.67 bits per heavy atom. The van der Waals surface area contributed by atoms with Crippen molar-refractivity contribution < 1.29 is 0 Å². The number of nitrogens with zero attached hydrogens (tertiary/aromatic N) is 2. The molecular formula is C10H11N3S2. The Bertz CT molecular complexity index is 423. The van der Waals surface area contributed by atoms with Crippen LogP contribution in [0.4, 0.5) is 5.69 Å². The Kier molecular flexibility index (Phi) is 4.48. The Hall–Kier alpha value is -1.17. The van der Waals surface area contributed by atoms with Crippen LogP contribution in [0.25, 0.3) is 0 Å². The molecule has 0 atom stereocenters. The van der Waals surface area contributed by atoms with Crippen molar-refractivity contribution >= 4 is 28.8 Å². The third-order valence-electron chi connectivity index (χ3n) is 1.86. The van der Waals surface area contributed by atoms with Crippen LogP contribution >= 0.6 is 23.1 Å². The number of hydrogen-bond acceptors (Lipinski definition) is 5. The van der Waals surface area contributed by atoms with Gasteiger partial charge in [0.15, 0.2) is 0 Å². The van der Waals surface area contributed by atoms with Gasteiger partial charge in [-0.05, 0) is 12.2 Å². The Morgan fingerprint density at radius 1 is 1.40 bits per heavy atom. The summed E-state index contributed by atoms with van der Waals surface area (Å²) >= 11 is 2.93. The zero-order chi connectivity index (χ0) is 11.3. The van der Waals surface area contributed by atoms with Gasteiger partial charge in [-0.1, -0.05) is 13.3 Å². The van der Waals surface area contributed by atoms with Gasteiger partial charge >= 0.3 is 0 Å².